The third-order valence-corrected chi connectivity index (χ3v) is 18.5. The molecule has 0 radical (unpaired) electrons. The van der Waals surface area contributed by atoms with Crippen molar-refractivity contribution in [3.63, 3.8) is 0 Å². The van der Waals surface area contributed by atoms with E-state index < -0.39 is 47.4 Å². The number of hydrogen-bond acceptors (Lipinski definition) is 16. The summed E-state index contributed by atoms with van der Waals surface area (Å²) in [5.41, 5.74) is 9.19. The monoisotopic (exact) mass is 1150 g/mol. The number of aliphatic imine (C=N–C) groups is 1. The minimum atomic E-state index is -1.06. The lowest BCUT2D eigenvalue weighted by molar-refractivity contribution is -0.142. The van der Waals surface area contributed by atoms with Gasteiger partial charge in [-0.2, -0.15) is 0 Å². The van der Waals surface area contributed by atoms with E-state index in [1.807, 2.05) is 75.9 Å². The van der Waals surface area contributed by atoms with E-state index in [0.717, 1.165) is 78.5 Å². The highest BCUT2D eigenvalue weighted by Crippen LogP contribution is 2.41. The van der Waals surface area contributed by atoms with Crippen molar-refractivity contribution in [1.82, 2.24) is 40.6 Å². The van der Waals surface area contributed by atoms with Crippen molar-refractivity contribution in [3.8, 4) is 21.2 Å². The van der Waals surface area contributed by atoms with Crippen LogP contribution in [0.15, 0.2) is 87.7 Å². The van der Waals surface area contributed by atoms with Gasteiger partial charge in [-0.05, 0) is 99.5 Å². The molecule has 4 N–H and O–H groups in total. The summed E-state index contributed by atoms with van der Waals surface area (Å²) in [6.45, 7) is 16.7. The second-order valence-electron chi connectivity index (χ2n) is 23.2. The number of hydrogen-bond donors (Lipinski definition) is 4. The number of aliphatic hydroxyl groups excluding tert-OH is 1. The molecule has 11 rings (SSSR count). The molecule has 3 fully saturated rings. The Kier molecular flexibility index (Phi) is 15.4. The minimum absolute atomic E-state index is 0.00533. The Morgan fingerprint density at radius 3 is 2.34 bits per heavy atom. The number of aliphatic hydroxyl groups is 1. The molecule has 21 heteroatoms. The van der Waals surface area contributed by atoms with E-state index in [2.05, 4.69) is 74.1 Å². The van der Waals surface area contributed by atoms with Crippen LogP contribution in [-0.4, -0.2) is 122 Å². The lowest BCUT2D eigenvalue weighted by Gasteiger charge is -2.36. The molecule has 82 heavy (non-hydrogen) atoms. The van der Waals surface area contributed by atoms with Crippen LogP contribution in [-0.2, 0) is 23.9 Å². The lowest BCUT2D eigenvalue weighted by Crippen LogP contribution is -2.57. The van der Waals surface area contributed by atoms with E-state index in [1.54, 1.807) is 46.9 Å². The fourth-order valence-corrected chi connectivity index (χ4v) is 13.5. The number of aryl methyl sites for hydroxylation is 3. The maximum absolute atomic E-state index is 14.4. The molecule has 0 spiro atoms. The van der Waals surface area contributed by atoms with Crippen molar-refractivity contribution in [2.75, 3.05) is 31.6 Å². The number of furan rings is 1. The molecule has 0 unspecified atom stereocenters. The van der Waals surface area contributed by atoms with Gasteiger partial charge in [0.25, 0.3) is 5.91 Å². The number of ether oxygens (including phenoxy) is 2. The number of aromatic nitrogens is 4. The highest BCUT2D eigenvalue weighted by atomic mass is 32.1. The van der Waals surface area contributed by atoms with Crippen LogP contribution >= 0.6 is 22.7 Å². The van der Waals surface area contributed by atoms with Crippen LogP contribution in [0.25, 0.3) is 26.4 Å². The summed E-state index contributed by atoms with van der Waals surface area (Å²) >= 11 is 3.23. The summed E-state index contributed by atoms with van der Waals surface area (Å²) in [4.78, 5) is 83.8. The molecule has 3 aliphatic heterocycles. The normalized spacial score (nSPS) is 21.2. The van der Waals surface area contributed by atoms with Crippen LogP contribution in [0.4, 0.5) is 5.69 Å². The Labute approximate surface area is 483 Å². The molecule has 19 nitrogen and oxygen atoms in total. The van der Waals surface area contributed by atoms with Gasteiger partial charge in [-0.25, -0.2) is 4.98 Å². The van der Waals surface area contributed by atoms with Crippen LogP contribution in [0.1, 0.15) is 127 Å². The van der Waals surface area contributed by atoms with Gasteiger partial charge in [-0.3, -0.25) is 33.5 Å². The highest BCUT2D eigenvalue weighted by molar-refractivity contribution is 7.15. The van der Waals surface area contributed by atoms with E-state index in [-0.39, 0.29) is 61.1 Å². The number of fused-ring (bicyclic) bond motifs is 4. The second-order valence-corrected chi connectivity index (χ2v) is 25.2. The van der Waals surface area contributed by atoms with Crippen molar-refractivity contribution in [2.24, 2.45) is 16.3 Å². The molecule has 7 aromatic rings. The zero-order valence-electron chi connectivity index (χ0n) is 47.4. The summed E-state index contributed by atoms with van der Waals surface area (Å²) in [5, 5.41) is 30.4. The van der Waals surface area contributed by atoms with Gasteiger partial charge in [0, 0.05) is 72.0 Å². The van der Waals surface area contributed by atoms with Crippen LogP contribution in [0, 0.1) is 39.0 Å². The van der Waals surface area contributed by atoms with E-state index in [1.165, 1.54) is 12.0 Å². The second kappa shape index (κ2) is 22.5. The van der Waals surface area contributed by atoms with E-state index in [0.29, 0.717) is 41.9 Å². The number of thiophene rings is 1. The quantitative estimate of drug-likeness (QED) is 0.0707. The Morgan fingerprint density at radius 2 is 1.63 bits per heavy atom. The predicted molar refractivity (Wildman–Crippen MR) is 313 cm³/mol. The van der Waals surface area contributed by atoms with Crippen LogP contribution < -0.4 is 25.6 Å². The molecule has 2 saturated heterocycles. The van der Waals surface area contributed by atoms with Gasteiger partial charge in [0.05, 0.1) is 53.4 Å². The Bertz CT molecular complexity index is 3630. The molecule has 428 valence electrons. The average molecular weight is 1150 g/mol. The molecule has 6 atom stereocenters. The van der Waals surface area contributed by atoms with Crippen LogP contribution in [0.3, 0.4) is 0 Å². The zero-order valence-corrected chi connectivity index (χ0v) is 49.1. The first-order valence-corrected chi connectivity index (χ1v) is 29.5. The number of amides is 4. The number of β-amino-alcohol motifs (C(OH)–C–C–N with tert-alkyl or cyclic N) is 1. The summed E-state index contributed by atoms with van der Waals surface area (Å²) in [6.07, 6.45) is 1.08. The molecular weight excluding hydrogens is 1080 g/mol. The first kappa shape index (κ1) is 56.1. The van der Waals surface area contributed by atoms with Gasteiger partial charge >= 0.3 is 5.97 Å². The van der Waals surface area contributed by atoms with Gasteiger partial charge in [-0.1, -0.05) is 57.2 Å². The van der Waals surface area contributed by atoms with Crippen molar-refractivity contribution in [2.45, 2.75) is 130 Å². The van der Waals surface area contributed by atoms with Gasteiger partial charge < -0.3 is 44.7 Å². The summed E-state index contributed by atoms with van der Waals surface area (Å²) in [6, 6.07) is 20.1. The minimum Gasteiger partial charge on any atom is -0.490 e. The molecule has 4 aliphatic rings. The number of nitrogens with one attached hydrogen (secondary N) is 3. The van der Waals surface area contributed by atoms with Crippen molar-refractivity contribution >= 4 is 74.6 Å². The van der Waals surface area contributed by atoms with Crippen molar-refractivity contribution in [1.29, 1.82) is 0 Å². The number of carbonyl (C=O) groups is 5. The summed E-state index contributed by atoms with van der Waals surface area (Å²) in [7, 11) is 1.37. The lowest BCUT2D eigenvalue weighted by atomic mass is 9.85. The van der Waals surface area contributed by atoms with Crippen molar-refractivity contribution < 1.29 is 43.0 Å². The van der Waals surface area contributed by atoms with Gasteiger partial charge in [0.1, 0.15) is 46.4 Å². The predicted octanol–water partition coefficient (Wildman–Crippen LogP) is 8.42. The van der Waals surface area contributed by atoms with Crippen molar-refractivity contribution in [3.05, 3.63) is 129 Å². The van der Waals surface area contributed by atoms with Crippen LogP contribution in [0.5, 0.6) is 5.75 Å². The van der Waals surface area contributed by atoms with Gasteiger partial charge in [-0.15, -0.1) is 32.9 Å². The largest absolute Gasteiger partial charge is 0.490 e. The van der Waals surface area contributed by atoms with Gasteiger partial charge in [0.15, 0.2) is 11.6 Å². The van der Waals surface area contributed by atoms with Gasteiger partial charge in [0.2, 0.25) is 17.7 Å². The summed E-state index contributed by atoms with van der Waals surface area (Å²) < 4.78 is 19.4. The number of anilines is 1. The van der Waals surface area contributed by atoms with E-state index in [9.17, 15) is 29.1 Å². The Balaban J connectivity index is 0.669. The number of likely N-dealkylation sites (tertiary alicyclic amines) is 1. The number of carbonyl (C=O) groups excluding carboxylic acids is 5. The molecule has 4 aromatic heterocycles. The maximum Gasteiger partial charge on any atom is 0.308 e. The maximum atomic E-state index is 14.4. The molecule has 3 aromatic carbocycles. The standard InChI is InChI=1S/C61H68N10O9S2/c1-31-34(4)82-60-51(31)52(65-46(27-50(73)78-9)55-68-67-35(5)71(55)60)37-14-16-42(17-15-37)69-21-20-39(28-69)56(74)64-41-24-45(25-41)79-44-18-19-48-40(22-44)23-49(80-48)58(76)66-54(61(6,7)8)59(77)70-29-43(72)26-47(70)57(75)63-32(2)36-10-12-38(13-11-36)53-33(3)62-30-81-53/h10-19,22-23,30,32,39,41,43,45-47,54,72H,20-21,24-29H2,1-9H3,(H,63,75)(H,64,74)(H,66,76)/t32-,39+,41-,43+,45+,46-,47-,54+/m0/s1. The Morgan fingerprint density at radius 1 is 0.890 bits per heavy atom. The number of rotatable bonds is 15. The summed E-state index contributed by atoms with van der Waals surface area (Å²) in [5.74, 6) is -0.0692. The number of benzene rings is 3. The van der Waals surface area contributed by atoms with E-state index in [4.69, 9.17) is 18.9 Å². The van der Waals surface area contributed by atoms with Crippen LogP contribution in [0.2, 0.25) is 0 Å². The molecule has 1 aliphatic carbocycles. The molecule has 1 saturated carbocycles. The third-order valence-electron chi connectivity index (χ3n) is 16.4. The number of nitrogens with zero attached hydrogens (tertiary/aromatic N) is 7. The smallest absolute Gasteiger partial charge is 0.308 e. The topological polar surface area (TPSA) is 236 Å². The highest BCUT2D eigenvalue weighted by Gasteiger charge is 2.45. The zero-order chi connectivity index (χ0) is 57.9. The number of esters is 1. The molecule has 7 heterocycles. The number of methoxy groups -OCH3 is 1. The average Bonchev–Trinajstić information content (AvgIpc) is 2.99. The first-order valence-electron chi connectivity index (χ1n) is 27.8. The molecular formula is C61H68N10O9S2. The fraction of sp³-hybridized carbons (Fsp3) is 0.426. The third kappa shape index (κ3) is 11.2. The number of thiazole rings is 1. The Hall–Kier alpha value is -7.75. The first-order chi connectivity index (χ1) is 39.2. The fourth-order valence-electron chi connectivity index (χ4n) is 11.5. The SMILES string of the molecule is COC(=O)C[C@@H]1N=C(c2ccc(N3CC[C@@H](C(=O)N[C@H]4C[C@@H](Oc5ccc6oc(C(=O)N[C@H](C(=O)N7C[C@H](O)C[C@H]7C(=O)N[C@@H](C)c7ccc(-c8scnc8C)cc7)C(C)(C)C)cc6c5)C4)C3)cc2)c2c(sc(C)c2C)-n2c(C)nnc21. The van der Waals surface area contributed by atoms with E-state index >= 15 is 0 Å². The molecule has 4 amide bonds. The molecule has 0 bridgehead atoms.